The molecule has 0 amide bonds. The number of nitrogens with zero attached hydrogens (tertiary/aromatic N) is 1. The van der Waals surface area contributed by atoms with Gasteiger partial charge in [-0.05, 0) is 32.7 Å². The number of hydrogen-bond acceptors (Lipinski definition) is 2. The Labute approximate surface area is 82.5 Å². The van der Waals surface area contributed by atoms with Gasteiger partial charge in [-0.3, -0.25) is 4.90 Å². The Hall–Kier alpha value is -0.0800. The standard InChI is InChI=1S/C11H24N2/c1-3-11-7-5-4-6-8-13(11)9-10(2)12/h10-11H,3-9,12H2,1-2H3/t10-,11?/m1/s1. The summed E-state index contributed by atoms with van der Waals surface area (Å²) in [4.78, 5) is 2.59. The molecule has 2 heteroatoms. The Morgan fingerprint density at radius 3 is 2.77 bits per heavy atom. The van der Waals surface area contributed by atoms with Crippen molar-refractivity contribution >= 4 is 0 Å². The summed E-state index contributed by atoms with van der Waals surface area (Å²) in [5, 5.41) is 0. The zero-order valence-corrected chi connectivity index (χ0v) is 9.13. The molecule has 0 saturated carbocycles. The maximum Gasteiger partial charge on any atom is 0.0139 e. The van der Waals surface area contributed by atoms with Crippen LogP contribution in [0.2, 0.25) is 0 Å². The van der Waals surface area contributed by atoms with Gasteiger partial charge in [0.2, 0.25) is 0 Å². The van der Waals surface area contributed by atoms with E-state index >= 15 is 0 Å². The Bertz CT molecular complexity index is 134. The summed E-state index contributed by atoms with van der Waals surface area (Å²) in [6, 6.07) is 1.13. The number of rotatable bonds is 3. The second-order valence-electron chi connectivity index (χ2n) is 4.38. The molecular formula is C11H24N2. The first-order valence-corrected chi connectivity index (χ1v) is 5.73. The molecule has 0 aromatic rings. The summed E-state index contributed by atoms with van der Waals surface area (Å²) >= 11 is 0. The molecule has 1 unspecified atom stereocenters. The molecule has 0 aliphatic carbocycles. The van der Waals surface area contributed by atoms with Gasteiger partial charge in [-0.25, -0.2) is 0 Å². The molecule has 1 rings (SSSR count). The fraction of sp³-hybridized carbons (Fsp3) is 1.00. The lowest BCUT2D eigenvalue weighted by Gasteiger charge is -2.30. The summed E-state index contributed by atoms with van der Waals surface area (Å²) in [6.07, 6.45) is 6.85. The predicted octanol–water partition coefficient (Wildman–Crippen LogP) is 1.99. The molecule has 2 atom stereocenters. The highest BCUT2D eigenvalue weighted by molar-refractivity contribution is 4.76. The van der Waals surface area contributed by atoms with E-state index < -0.39 is 0 Å². The average molecular weight is 184 g/mol. The lowest BCUT2D eigenvalue weighted by molar-refractivity contribution is 0.186. The molecule has 0 bridgehead atoms. The van der Waals surface area contributed by atoms with Crippen LogP contribution >= 0.6 is 0 Å². The first-order chi connectivity index (χ1) is 6.24. The van der Waals surface area contributed by atoms with E-state index in [0.717, 1.165) is 12.6 Å². The van der Waals surface area contributed by atoms with E-state index in [-0.39, 0.29) is 0 Å². The molecule has 1 saturated heterocycles. The van der Waals surface area contributed by atoms with E-state index in [0.29, 0.717) is 6.04 Å². The second kappa shape index (κ2) is 5.61. The summed E-state index contributed by atoms with van der Waals surface area (Å²) in [6.45, 7) is 6.75. The number of hydrogen-bond donors (Lipinski definition) is 1. The van der Waals surface area contributed by atoms with Gasteiger partial charge in [0.15, 0.2) is 0 Å². The number of likely N-dealkylation sites (tertiary alicyclic amines) is 1. The molecule has 1 aliphatic heterocycles. The van der Waals surface area contributed by atoms with Crippen LogP contribution < -0.4 is 5.73 Å². The second-order valence-corrected chi connectivity index (χ2v) is 4.38. The van der Waals surface area contributed by atoms with Crippen LogP contribution in [0.5, 0.6) is 0 Å². The minimum Gasteiger partial charge on any atom is -0.327 e. The van der Waals surface area contributed by atoms with Crippen molar-refractivity contribution in [2.24, 2.45) is 5.73 Å². The zero-order valence-electron chi connectivity index (χ0n) is 9.13. The van der Waals surface area contributed by atoms with Crippen molar-refractivity contribution in [3.05, 3.63) is 0 Å². The molecule has 78 valence electrons. The first-order valence-electron chi connectivity index (χ1n) is 5.73. The summed E-state index contributed by atoms with van der Waals surface area (Å²) < 4.78 is 0. The maximum absolute atomic E-state index is 5.85. The lowest BCUT2D eigenvalue weighted by Crippen LogP contribution is -2.41. The van der Waals surface area contributed by atoms with E-state index in [9.17, 15) is 0 Å². The fourth-order valence-electron chi connectivity index (χ4n) is 2.31. The van der Waals surface area contributed by atoms with Crippen molar-refractivity contribution in [1.29, 1.82) is 0 Å². The maximum atomic E-state index is 5.85. The Morgan fingerprint density at radius 1 is 1.38 bits per heavy atom. The van der Waals surface area contributed by atoms with Crippen LogP contribution in [0.25, 0.3) is 0 Å². The van der Waals surface area contributed by atoms with Crippen molar-refractivity contribution in [2.45, 2.75) is 58.0 Å². The highest BCUT2D eigenvalue weighted by Gasteiger charge is 2.19. The van der Waals surface area contributed by atoms with Gasteiger partial charge in [-0.2, -0.15) is 0 Å². The van der Waals surface area contributed by atoms with E-state index in [2.05, 4.69) is 18.7 Å². The smallest absolute Gasteiger partial charge is 0.0139 e. The van der Waals surface area contributed by atoms with Crippen LogP contribution in [0.15, 0.2) is 0 Å². The van der Waals surface area contributed by atoms with E-state index in [1.807, 2.05) is 0 Å². The minimum atomic E-state index is 0.326. The van der Waals surface area contributed by atoms with Gasteiger partial charge in [0.1, 0.15) is 0 Å². The monoisotopic (exact) mass is 184 g/mol. The van der Waals surface area contributed by atoms with Crippen LogP contribution in [0, 0.1) is 0 Å². The zero-order chi connectivity index (χ0) is 9.68. The average Bonchev–Trinajstić information content (AvgIpc) is 2.28. The van der Waals surface area contributed by atoms with Crippen molar-refractivity contribution < 1.29 is 0 Å². The third-order valence-corrected chi connectivity index (χ3v) is 2.99. The topological polar surface area (TPSA) is 29.3 Å². The van der Waals surface area contributed by atoms with Crippen LogP contribution in [0.3, 0.4) is 0 Å². The van der Waals surface area contributed by atoms with Gasteiger partial charge in [-0.15, -0.1) is 0 Å². The highest BCUT2D eigenvalue weighted by atomic mass is 15.2. The first kappa shape index (κ1) is 11.0. The van der Waals surface area contributed by atoms with Gasteiger partial charge in [0.25, 0.3) is 0 Å². The van der Waals surface area contributed by atoms with Crippen LogP contribution in [0.1, 0.15) is 46.0 Å². The molecule has 1 aliphatic rings. The van der Waals surface area contributed by atoms with E-state index in [1.165, 1.54) is 38.6 Å². The molecule has 0 spiro atoms. The Morgan fingerprint density at radius 2 is 2.15 bits per heavy atom. The van der Waals surface area contributed by atoms with Crippen LogP contribution in [-0.2, 0) is 0 Å². The third-order valence-electron chi connectivity index (χ3n) is 2.99. The third kappa shape index (κ3) is 3.65. The normalized spacial score (nSPS) is 28.4. The fourth-order valence-corrected chi connectivity index (χ4v) is 2.31. The van der Waals surface area contributed by atoms with Gasteiger partial charge in [-0.1, -0.05) is 19.8 Å². The Kier molecular flexibility index (Phi) is 4.74. The van der Waals surface area contributed by atoms with Crippen LogP contribution in [0.4, 0.5) is 0 Å². The molecule has 1 fully saturated rings. The van der Waals surface area contributed by atoms with Gasteiger partial charge < -0.3 is 5.73 Å². The molecule has 1 heterocycles. The van der Waals surface area contributed by atoms with Gasteiger partial charge in [0, 0.05) is 18.6 Å². The van der Waals surface area contributed by atoms with Crippen LogP contribution in [-0.4, -0.2) is 30.1 Å². The van der Waals surface area contributed by atoms with Crippen molar-refractivity contribution in [3.63, 3.8) is 0 Å². The molecule has 2 N–H and O–H groups in total. The predicted molar refractivity (Wildman–Crippen MR) is 57.8 cm³/mol. The minimum absolute atomic E-state index is 0.326. The molecule has 0 aromatic carbocycles. The highest BCUT2D eigenvalue weighted by Crippen LogP contribution is 2.18. The van der Waals surface area contributed by atoms with E-state index in [4.69, 9.17) is 5.73 Å². The van der Waals surface area contributed by atoms with E-state index in [1.54, 1.807) is 0 Å². The molecule has 2 nitrogen and oxygen atoms in total. The summed E-state index contributed by atoms with van der Waals surface area (Å²) in [5.41, 5.74) is 5.85. The molecule has 0 radical (unpaired) electrons. The summed E-state index contributed by atoms with van der Waals surface area (Å²) in [5.74, 6) is 0. The number of nitrogens with two attached hydrogens (primary N) is 1. The largest absolute Gasteiger partial charge is 0.327 e. The van der Waals surface area contributed by atoms with Gasteiger partial charge >= 0.3 is 0 Å². The van der Waals surface area contributed by atoms with Crippen molar-refractivity contribution in [3.8, 4) is 0 Å². The SMILES string of the molecule is CCC1CCCCCN1C[C@@H](C)N. The molecular weight excluding hydrogens is 160 g/mol. The van der Waals surface area contributed by atoms with Crippen molar-refractivity contribution in [1.82, 2.24) is 4.90 Å². The van der Waals surface area contributed by atoms with Gasteiger partial charge in [0.05, 0.1) is 0 Å². The quantitative estimate of drug-likeness (QED) is 0.727. The molecule has 0 aromatic heterocycles. The lowest BCUT2D eigenvalue weighted by atomic mass is 10.1. The summed E-state index contributed by atoms with van der Waals surface area (Å²) in [7, 11) is 0. The molecule has 13 heavy (non-hydrogen) atoms. The van der Waals surface area contributed by atoms with Crippen molar-refractivity contribution in [2.75, 3.05) is 13.1 Å². The Balaban J connectivity index is 2.44.